The SMILES string of the molecule is C=CC[C@@H]1C(=O)N(c2ccc(OC)cc2)[C@@H]1C(O)C#C[Si](C)(C)C. The van der Waals surface area contributed by atoms with Gasteiger partial charge in [0, 0.05) is 5.69 Å². The molecule has 4 nitrogen and oxygen atoms in total. The first-order valence-electron chi connectivity index (χ1n) is 8.07. The van der Waals surface area contributed by atoms with E-state index in [1.165, 1.54) is 0 Å². The molecule has 128 valence electrons. The average molecular weight is 343 g/mol. The van der Waals surface area contributed by atoms with Gasteiger partial charge in [-0.3, -0.25) is 4.79 Å². The van der Waals surface area contributed by atoms with Crippen LogP contribution in [-0.2, 0) is 4.79 Å². The van der Waals surface area contributed by atoms with Crippen LogP contribution in [0.5, 0.6) is 5.75 Å². The molecule has 1 aliphatic rings. The van der Waals surface area contributed by atoms with Gasteiger partial charge in [-0.25, -0.2) is 0 Å². The van der Waals surface area contributed by atoms with Gasteiger partial charge in [-0.1, -0.05) is 31.6 Å². The third kappa shape index (κ3) is 3.89. The normalized spacial score (nSPS) is 21.4. The van der Waals surface area contributed by atoms with Crippen molar-refractivity contribution in [3.05, 3.63) is 36.9 Å². The van der Waals surface area contributed by atoms with E-state index in [1.807, 2.05) is 12.1 Å². The van der Waals surface area contributed by atoms with E-state index in [2.05, 4.69) is 37.7 Å². The molecular formula is C19H25NO3Si. The van der Waals surface area contributed by atoms with Gasteiger partial charge >= 0.3 is 0 Å². The first-order valence-corrected chi connectivity index (χ1v) is 11.6. The summed E-state index contributed by atoms with van der Waals surface area (Å²) in [4.78, 5) is 14.2. The van der Waals surface area contributed by atoms with Crippen LogP contribution in [0.2, 0.25) is 19.6 Å². The summed E-state index contributed by atoms with van der Waals surface area (Å²) in [6.45, 7) is 10.1. The molecule has 2 rings (SSSR count). The fraction of sp³-hybridized carbons (Fsp3) is 0.421. The lowest BCUT2D eigenvalue weighted by Gasteiger charge is -2.48. The topological polar surface area (TPSA) is 49.8 Å². The number of nitrogens with zero attached hydrogens (tertiary/aromatic N) is 1. The van der Waals surface area contributed by atoms with Crippen molar-refractivity contribution < 1.29 is 14.6 Å². The van der Waals surface area contributed by atoms with Crippen LogP contribution in [0.1, 0.15) is 6.42 Å². The molecule has 3 atom stereocenters. The van der Waals surface area contributed by atoms with E-state index < -0.39 is 14.2 Å². The van der Waals surface area contributed by atoms with Crippen LogP contribution in [0.15, 0.2) is 36.9 Å². The zero-order valence-corrected chi connectivity index (χ0v) is 15.7. The summed E-state index contributed by atoms with van der Waals surface area (Å²) >= 11 is 0. The first-order chi connectivity index (χ1) is 11.3. The Labute approximate surface area is 145 Å². The molecule has 0 aromatic heterocycles. The lowest BCUT2D eigenvalue weighted by molar-refractivity contribution is -0.132. The van der Waals surface area contributed by atoms with Crippen molar-refractivity contribution in [1.29, 1.82) is 0 Å². The monoisotopic (exact) mass is 343 g/mol. The van der Waals surface area contributed by atoms with Crippen molar-refractivity contribution in [2.24, 2.45) is 5.92 Å². The standard InChI is InChI=1S/C19H25NO3Si/c1-6-7-16-18(17(21)12-13-24(3,4)5)20(19(16)22)14-8-10-15(23-2)11-9-14/h6,8-11,16-18,21H,1,7H2,2-5H3/t16-,17?,18-/m0/s1. The Morgan fingerprint density at radius 1 is 1.38 bits per heavy atom. The lowest BCUT2D eigenvalue weighted by Crippen LogP contribution is -2.65. The molecule has 1 amide bonds. The Morgan fingerprint density at radius 2 is 2.00 bits per heavy atom. The van der Waals surface area contributed by atoms with Gasteiger partial charge < -0.3 is 14.7 Å². The van der Waals surface area contributed by atoms with Gasteiger partial charge in [0.15, 0.2) is 0 Å². The maximum atomic E-state index is 12.5. The van der Waals surface area contributed by atoms with Crippen LogP contribution in [0.4, 0.5) is 5.69 Å². The fourth-order valence-electron chi connectivity index (χ4n) is 2.77. The number of methoxy groups -OCH3 is 1. The van der Waals surface area contributed by atoms with Crippen molar-refractivity contribution >= 4 is 19.7 Å². The zero-order valence-electron chi connectivity index (χ0n) is 14.7. The summed E-state index contributed by atoms with van der Waals surface area (Å²) in [5.41, 5.74) is 3.94. The van der Waals surface area contributed by atoms with Crippen molar-refractivity contribution in [3.63, 3.8) is 0 Å². The second-order valence-electron chi connectivity index (χ2n) is 6.99. The highest BCUT2D eigenvalue weighted by atomic mass is 28.3. The number of hydrogen-bond acceptors (Lipinski definition) is 3. The number of benzene rings is 1. The quantitative estimate of drug-likeness (QED) is 0.387. The highest BCUT2D eigenvalue weighted by molar-refractivity contribution is 6.83. The largest absolute Gasteiger partial charge is 0.497 e. The predicted octanol–water partition coefficient (Wildman–Crippen LogP) is 2.84. The minimum absolute atomic E-state index is 0.001000. The first kappa shape index (κ1) is 18.3. The third-order valence-corrected chi connectivity index (χ3v) is 4.85. The van der Waals surface area contributed by atoms with Gasteiger partial charge in [-0.2, -0.15) is 0 Å². The van der Waals surface area contributed by atoms with E-state index in [4.69, 9.17) is 4.74 Å². The Kier molecular flexibility index (Phi) is 5.53. The van der Waals surface area contributed by atoms with Gasteiger partial charge in [0.05, 0.1) is 19.1 Å². The highest BCUT2D eigenvalue weighted by Gasteiger charge is 2.50. The maximum absolute atomic E-state index is 12.5. The Balaban J connectivity index is 2.28. The number of ether oxygens (including phenoxy) is 1. The molecule has 1 aliphatic heterocycles. The molecule has 1 N–H and O–H groups in total. The van der Waals surface area contributed by atoms with E-state index in [0.717, 1.165) is 11.4 Å². The van der Waals surface area contributed by atoms with E-state index in [-0.39, 0.29) is 17.9 Å². The average Bonchev–Trinajstić information content (AvgIpc) is 2.54. The highest BCUT2D eigenvalue weighted by Crippen LogP contribution is 2.37. The van der Waals surface area contributed by atoms with Crippen molar-refractivity contribution in [1.82, 2.24) is 0 Å². The molecular weight excluding hydrogens is 318 g/mol. The van der Waals surface area contributed by atoms with Gasteiger partial charge in [0.25, 0.3) is 0 Å². The molecule has 1 fully saturated rings. The molecule has 24 heavy (non-hydrogen) atoms. The summed E-state index contributed by atoms with van der Waals surface area (Å²) in [6.07, 6.45) is 1.41. The van der Waals surface area contributed by atoms with E-state index in [0.29, 0.717) is 6.42 Å². The van der Waals surface area contributed by atoms with E-state index >= 15 is 0 Å². The second kappa shape index (κ2) is 7.25. The summed E-state index contributed by atoms with van der Waals surface area (Å²) < 4.78 is 5.15. The number of carbonyl (C=O) groups excluding carboxylic acids is 1. The zero-order chi connectivity index (χ0) is 17.9. The number of rotatable bonds is 5. The van der Waals surface area contributed by atoms with E-state index in [9.17, 15) is 9.90 Å². The number of anilines is 1. The molecule has 1 unspecified atom stereocenters. The molecule has 1 saturated heterocycles. The Bertz CT molecular complexity index is 667. The molecule has 0 saturated carbocycles. The number of aliphatic hydroxyl groups is 1. The molecule has 5 heteroatoms. The van der Waals surface area contributed by atoms with Crippen molar-refractivity contribution in [2.75, 3.05) is 12.0 Å². The lowest BCUT2D eigenvalue weighted by atomic mass is 9.81. The molecule has 0 bridgehead atoms. The molecule has 0 radical (unpaired) electrons. The van der Waals surface area contributed by atoms with Crippen LogP contribution in [0.3, 0.4) is 0 Å². The predicted molar refractivity (Wildman–Crippen MR) is 99.7 cm³/mol. The van der Waals surface area contributed by atoms with Gasteiger partial charge in [-0.15, -0.1) is 12.1 Å². The number of aliphatic hydroxyl groups excluding tert-OH is 1. The number of amides is 1. The van der Waals surface area contributed by atoms with Crippen molar-refractivity contribution in [2.45, 2.75) is 38.2 Å². The molecule has 0 aliphatic carbocycles. The molecule has 1 aromatic carbocycles. The number of carbonyl (C=O) groups is 1. The number of β-lactam (4-membered cyclic amide) rings is 1. The number of hydrogen-bond donors (Lipinski definition) is 1. The fourth-order valence-corrected chi connectivity index (χ4v) is 3.35. The minimum Gasteiger partial charge on any atom is -0.497 e. The van der Waals surface area contributed by atoms with Crippen LogP contribution >= 0.6 is 0 Å². The summed E-state index contributed by atoms with van der Waals surface area (Å²) in [5, 5.41) is 10.6. The Morgan fingerprint density at radius 3 is 2.50 bits per heavy atom. The summed E-state index contributed by atoms with van der Waals surface area (Å²) in [5.74, 6) is 3.43. The number of allylic oxidation sites excluding steroid dienone is 1. The van der Waals surface area contributed by atoms with Gasteiger partial charge in [0.1, 0.15) is 19.9 Å². The smallest absolute Gasteiger partial charge is 0.233 e. The van der Waals surface area contributed by atoms with Crippen LogP contribution in [0, 0.1) is 17.4 Å². The molecule has 0 spiro atoms. The minimum atomic E-state index is -1.59. The molecule has 1 aromatic rings. The van der Waals surface area contributed by atoms with E-state index in [1.54, 1.807) is 30.2 Å². The third-order valence-electron chi connectivity index (χ3n) is 3.95. The van der Waals surface area contributed by atoms with Crippen LogP contribution < -0.4 is 9.64 Å². The van der Waals surface area contributed by atoms with Crippen molar-refractivity contribution in [3.8, 4) is 17.2 Å². The van der Waals surface area contributed by atoms with Gasteiger partial charge in [-0.05, 0) is 30.7 Å². The van der Waals surface area contributed by atoms with Crippen LogP contribution in [0.25, 0.3) is 0 Å². The maximum Gasteiger partial charge on any atom is 0.233 e. The summed E-state index contributed by atoms with van der Waals surface area (Å²) in [7, 11) is 0.0127. The van der Waals surface area contributed by atoms with Gasteiger partial charge in [0.2, 0.25) is 5.91 Å². The second-order valence-corrected chi connectivity index (χ2v) is 11.7. The Hall–Kier alpha value is -2.03. The van der Waals surface area contributed by atoms with Crippen LogP contribution in [-0.4, -0.2) is 38.3 Å². The molecule has 1 heterocycles. The summed E-state index contributed by atoms with van der Waals surface area (Å²) in [6, 6.07) is 6.92.